The lowest BCUT2D eigenvalue weighted by Crippen LogP contribution is -2.41. The molecule has 132 valence electrons. The van der Waals surface area contributed by atoms with Gasteiger partial charge in [-0.25, -0.2) is 0 Å². The quantitative estimate of drug-likeness (QED) is 0.760. The number of carbonyl (C=O) groups excluding carboxylic acids is 1. The summed E-state index contributed by atoms with van der Waals surface area (Å²) in [7, 11) is 3.03. The number of esters is 1. The number of carbonyl (C=O) groups is 1. The maximum atomic E-state index is 12.3. The Bertz CT molecular complexity index is 723. The summed E-state index contributed by atoms with van der Waals surface area (Å²) in [5, 5.41) is 3.41. The lowest BCUT2D eigenvalue weighted by molar-refractivity contribution is -0.150. The summed E-state index contributed by atoms with van der Waals surface area (Å²) in [5.74, 6) is 0.443. The predicted octanol–water partition coefficient (Wildman–Crippen LogP) is 4.39. The zero-order valence-electron chi connectivity index (χ0n) is 15.2. The van der Waals surface area contributed by atoms with Crippen LogP contribution in [0.3, 0.4) is 0 Å². The zero-order valence-corrected chi connectivity index (χ0v) is 15.2. The number of nitrogens with one attached hydrogen (secondary N) is 1. The van der Waals surface area contributed by atoms with E-state index in [9.17, 15) is 4.79 Å². The van der Waals surface area contributed by atoms with E-state index in [2.05, 4.69) is 5.32 Å². The first-order valence-corrected chi connectivity index (χ1v) is 8.20. The van der Waals surface area contributed by atoms with E-state index in [1.54, 1.807) is 7.11 Å². The molecule has 0 bridgehead atoms. The highest BCUT2D eigenvalue weighted by atomic mass is 16.5. The average Bonchev–Trinajstić information content (AvgIpc) is 2.65. The van der Waals surface area contributed by atoms with Gasteiger partial charge in [0, 0.05) is 0 Å². The highest BCUT2D eigenvalue weighted by molar-refractivity contribution is 5.78. The van der Waals surface area contributed by atoms with Crippen LogP contribution in [0.2, 0.25) is 0 Å². The summed E-state index contributed by atoms with van der Waals surface area (Å²) in [6, 6.07) is 17.3. The average molecular weight is 339 g/mol. The molecule has 4 heteroatoms. The Balaban J connectivity index is 2.35. The summed E-state index contributed by atoms with van der Waals surface area (Å²) >= 11 is 0. The zero-order chi connectivity index (χ0) is 18.3. The molecule has 25 heavy (non-hydrogen) atoms. The van der Waals surface area contributed by atoms with Crippen LogP contribution >= 0.6 is 0 Å². The molecule has 0 radical (unpaired) electrons. The third-order valence-corrected chi connectivity index (χ3v) is 4.19. The lowest BCUT2D eigenvalue weighted by atomic mass is 9.83. The van der Waals surface area contributed by atoms with Gasteiger partial charge in [-0.3, -0.25) is 4.79 Å². The highest BCUT2D eigenvalue weighted by Crippen LogP contribution is 2.31. The van der Waals surface area contributed by atoms with Crippen molar-refractivity contribution in [3.05, 3.63) is 66.2 Å². The summed E-state index contributed by atoms with van der Waals surface area (Å²) in [6.45, 7) is 3.72. The fourth-order valence-electron chi connectivity index (χ4n) is 2.56. The molecule has 2 rings (SSSR count). The van der Waals surface area contributed by atoms with Gasteiger partial charge < -0.3 is 14.8 Å². The Morgan fingerprint density at radius 2 is 1.68 bits per heavy atom. The number of para-hydroxylation sites is 2. The Morgan fingerprint density at radius 1 is 1.04 bits per heavy atom. The van der Waals surface area contributed by atoms with Crippen LogP contribution in [0.5, 0.6) is 5.75 Å². The number of methoxy groups -OCH3 is 2. The number of benzene rings is 2. The smallest absolute Gasteiger partial charge is 0.313 e. The normalized spacial score (nSPS) is 12.6. The Labute approximate surface area is 149 Å². The van der Waals surface area contributed by atoms with E-state index >= 15 is 0 Å². The highest BCUT2D eigenvalue weighted by Gasteiger charge is 2.37. The van der Waals surface area contributed by atoms with Gasteiger partial charge in [0.1, 0.15) is 5.75 Å². The molecule has 0 heterocycles. The van der Waals surface area contributed by atoms with Crippen LogP contribution in [0.4, 0.5) is 5.69 Å². The molecular formula is C21H25NO3. The number of anilines is 1. The minimum absolute atomic E-state index is 0.280. The maximum absolute atomic E-state index is 12.3. The molecule has 1 N–H and O–H groups in total. The molecule has 0 spiro atoms. The van der Waals surface area contributed by atoms with Crippen molar-refractivity contribution in [3.8, 4) is 5.75 Å². The second kappa shape index (κ2) is 8.38. The van der Waals surface area contributed by atoms with E-state index in [4.69, 9.17) is 9.47 Å². The fraction of sp³-hybridized carbons (Fsp3) is 0.286. The summed E-state index contributed by atoms with van der Waals surface area (Å²) in [4.78, 5) is 12.3. The molecule has 0 aromatic heterocycles. The number of hydrogen-bond acceptors (Lipinski definition) is 4. The second-order valence-electron chi connectivity index (χ2n) is 6.31. The molecular weight excluding hydrogens is 314 g/mol. The van der Waals surface area contributed by atoms with E-state index in [0.29, 0.717) is 0 Å². The first kappa shape index (κ1) is 18.6. The van der Waals surface area contributed by atoms with Gasteiger partial charge in [0.05, 0.1) is 31.4 Å². The van der Waals surface area contributed by atoms with Gasteiger partial charge in [-0.1, -0.05) is 54.6 Å². The number of hydrogen-bond donors (Lipinski definition) is 1. The monoisotopic (exact) mass is 339 g/mol. The van der Waals surface area contributed by atoms with Gasteiger partial charge in [0.25, 0.3) is 0 Å². The second-order valence-corrected chi connectivity index (χ2v) is 6.31. The van der Waals surface area contributed by atoms with Crippen LogP contribution < -0.4 is 10.1 Å². The SMILES string of the molecule is COC(=O)C(C)(C)C(/C=C/c1ccccc1)Nc1ccccc1OC. The molecule has 2 aromatic carbocycles. The Kier molecular flexibility index (Phi) is 6.23. The topological polar surface area (TPSA) is 47.6 Å². The molecule has 0 amide bonds. The van der Waals surface area contributed by atoms with E-state index < -0.39 is 5.41 Å². The van der Waals surface area contributed by atoms with Crippen LogP contribution in [0.15, 0.2) is 60.7 Å². The van der Waals surface area contributed by atoms with Crippen molar-refractivity contribution in [2.45, 2.75) is 19.9 Å². The van der Waals surface area contributed by atoms with Crippen molar-refractivity contribution >= 4 is 17.7 Å². The molecule has 4 nitrogen and oxygen atoms in total. The summed E-state index contributed by atoms with van der Waals surface area (Å²) in [5.41, 5.74) is 1.13. The van der Waals surface area contributed by atoms with Crippen molar-refractivity contribution in [2.24, 2.45) is 5.41 Å². The number of rotatable bonds is 7. The van der Waals surface area contributed by atoms with E-state index in [1.807, 2.05) is 80.6 Å². The van der Waals surface area contributed by atoms with Gasteiger partial charge >= 0.3 is 5.97 Å². The van der Waals surface area contributed by atoms with Gasteiger partial charge in [-0.05, 0) is 31.5 Å². The molecule has 1 atom stereocenters. The molecule has 0 aliphatic rings. The summed E-state index contributed by atoms with van der Waals surface area (Å²) < 4.78 is 10.4. The van der Waals surface area contributed by atoms with Crippen molar-refractivity contribution in [1.82, 2.24) is 0 Å². The van der Waals surface area contributed by atoms with Crippen molar-refractivity contribution in [2.75, 3.05) is 19.5 Å². The third kappa shape index (κ3) is 4.63. The van der Waals surface area contributed by atoms with Gasteiger partial charge in [-0.2, -0.15) is 0 Å². The van der Waals surface area contributed by atoms with Crippen molar-refractivity contribution in [1.29, 1.82) is 0 Å². The molecule has 0 saturated carbocycles. The first-order chi connectivity index (χ1) is 12.0. The van der Waals surface area contributed by atoms with Crippen LogP contribution in [0.1, 0.15) is 19.4 Å². The Hall–Kier alpha value is -2.75. The number of ether oxygens (including phenoxy) is 2. The van der Waals surface area contributed by atoms with Crippen molar-refractivity contribution < 1.29 is 14.3 Å². The standard InChI is InChI=1S/C21H25NO3/c1-21(2,20(23)25-4)19(15-14-16-10-6-5-7-11-16)22-17-12-8-9-13-18(17)24-3/h5-15,19,22H,1-4H3/b15-14+. The maximum Gasteiger partial charge on any atom is 0.313 e. The minimum atomic E-state index is -0.763. The van der Waals surface area contributed by atoms with Gasteiger partial charge in [0.2, 0.25) is 0 Å². The molecule has 1 unspecified atom stereocenters. The van der Waals surface area contributed by atoms with Gasteiger partial charge in [-0.15, -0.1) is 0 Å². The van der Waals surface area contributed by atoms with Crippen molar-refractivity contribution in [3.63, 3.8) is 0 Å². The van der Waals surface area contributed by atoms with Gasteiger partial charge in [0.15, 0.2) is 0 Å². The van der Waals surface area contributed by atoms with E-state index in [0.717, 1.165) is 17.0 Å². The molecule has 0 saturated heterocycles. The Morgan fingerprint density at radius 3 is 2.32 bits per heavy atom. The molecule has 0 aliphatic carbocycles. The fourth-order valence-corrected chi connectivity index (χ4v) is 2.56. The van der Waals surface area contributed by atoms with Crippen LogP contribution in [0, 0.1) is 5.41 Å². The van der Waals surface area contributed by atoms with E-state index in [-0.39, 0.29) is 12.0 Å². The molecule has 0 aliphatic heterocycles. The predicted molar refractivity (Wildman–Crippen MR) is 102 cm³/mol. The minimum Gasteiger partial charge on any atom is -0.495 e. The van der Waals surface area contributed by atoms with E-state index in [1.165, 1.54) is 7.11 Å². The van der Waals surface area contributed by atoms with Crippen LogP contribution in [0.25, 0.3) is 6.08 Å². The van der Waals surface area contributed by atoms with Crippen LogP contribution in [-0.4, -0.2) is 26.2 Å². The first-order valence-electron chi connectivity index (χ1n) is 8.20. The van der Waals surface area contributed by atoms with Crippen LogP contribution in [-0.2, 0) is 9.53 Å². The molecule has 0 fully saturated rings. The lowest BCUT2D eigenvalue weighted by Gasteiger charge is -2.31. The third-order valence-electron chi connectivity index (χ3n) is 4.19. The summed E-state index contributed by atoms with van der Waals surface area (Å²) in [6.07, 6.45) is 3.98. The largest absolute Gasteiger partial charge is 0.495 e. The molecule has 2 aromatic rings.